The van der Waals surface area contributed by atoms with Gasteiger partial charge in [0, 0.05) is 62.1 Å². The maximum atomic E-state index is 14.0. The third-order valence-electron chi connectivity index (χ3n) is 8.33. The largest absolute Gasteiger partial charge is 0.496 e. The highest BCUT2D eigenvalue weighted by Crippen LogP contribution is 2.36. The summed E-state index contributed by atoms with van der Waals surface area (Å²) >= 11 is 0. The third kappa shape index (κ3) is 7.12. The lowest BCUT2D eigenvalue weighted by molar-refractivity contribution is -0.141. The molecule has 5 aliphatic heterocycles. The minimum absolute atomic E-state index is 0.147. The molecule has 1 spiro atoms. The normalized spacial score (nSPS) is 16.2. The first-order valence-electron chi connectivity index (χ1n) is 15.6. The maximum absolute atomic E-state index is 14.0. The second-order valence-electron chi connectivity index (χ2n) is 11.3. The van der Waals surface area contributed by atoms with Crippen LogP contribution < -0.4 is 34.3 Å². The van der Waals surface area contributed by atoms with Crippen molar-refractivity contribution in [3.8, 4) is 34.5 Å². The standard InChI is InChI=1S/C36H36N4O8/c1-44-30-12-6-24-20-32(30)47-29-7-5-25(31(21-29)45-2)23-39-35(43)36(13-17-40(18-14-36)34(42)26-4-3-15-37-22-26)48-28-10-8-27(9-11-28)46-19-16-38-33(24)41/h3-12,15,20-22H,13-14,16-19,23H2,1-2H3,(H,38,41)(H,39,43). The van der Waals surface area contributed by atoms with Crippen LogP contribution in [-0.2, 0) is 11.3 Å². The number of hydrogen-bond acceptors (Lipinski definition) is 9. The maximum Gasteiger partial charge on any atom is 0.264 e. The number of hydrogen-bond donors (Lipinski definition) is 2. The average Bonchev–Trinajstić information content (AvgIpc) is 3.13. The number of aromatic nitrogens is 1. The topological polar surface area (TPSA) is 138 Å². The van der Waals surface area contributed by atoms with Crippen LogP contribution in [-0.4, -0.2) is 73.7 Å². The summed E-state index contributed by atoms with van der Waals surface area (Å²) in [5.41, 5.74) is 0.346. The molecule has 3 amide bonds. The molecular formula is C36H36N4O8. The van der Waals surface area contributed by atoms with Gasteiger partial charge in [0.05, 0.1) is 26.3 Å². The van der Waals surface area contributed by atoms with Crippen LogP contribution in [0.2, 0.25) is 0 Å². The number of ether oxygens (including phenoxy) is 5. The van der Waals surface area contributed by atoms with E-state index in [9.17, 15) is 14.4 Å². The van der Waals surface area contributed by atoms with Gasteiger partial charge in [0.25, 0.3) is 17.7 Å². The van der Waals surface area contributed by atoms with Crippen LogP contribution in [0.25, 0.3) is 0 Å². The molecule has 2 N–H and O–H groups in total. The predicted molar refractivity (Wildman–Crippen MR) is 175 cm³/mol. The summed E-state index contributed by atoms with van der Waals surface area (Å²) in [6.07, 6.45) is 3.70. The zero-order chi connectivity index (χ0) is 33.5. The van der Waals surface area contributed by atoms with E-state index in [0.717, 1.165) is 0 Å². The van der Waals surface area contributed by atoms with Gasteiger partial charge in [-0.1, -0.05) is 0 Å². The summed E-state index contributed by atoms with van der Waals surface area (Å²) in [6.45, 7) is 1.26. The highest BCUT2D eigenvalue weighted by atomic mass is 16.5. The molecule has 0 radical (unpaired) electrons. The molecule has 1 fully saturated rings. The average molecular weight is 653 g/mol. The Hall–Kier alpha value is -5.78. The van der Waals surface area contributed by atoms with Crippen molar-refractivity contribution in [3.63, 3.8) is 0 Å². The fraction of sp³-hybridized carbons (Fsp3) is 0.278. The van der Waals surface area contributed by atoms with Gasteiger partial charge < -0.3 is 39.2 Å². The molecule has 12 heteroatoms. The number of methoxy groups -OCH3 is 2. The van der Waals surface area contributed by atoms with Gasteiger partial charge in [0.15, 0.2) is 17.1 Å². The van der Waals surface area contributed by atoms with Crippen molar-refractivity contribution in [1.29, 1.82) is 0 Å². The summed E-state index contributed by atoms with van der Waals surface area (Å²) in [6, 6.07) is 20.6. The van der Waals surface area contributed by atoms with Crippen molar-refractivity contribution in [2.75, 3.05) is 40.5 Å². The molecule has 0 aliphatic carbocycles. The van der Waals surface area contributed by atoms with Crippen LogP contribution in [0.4, 0.5) is 0 Å². The van der Waals surface area contributed by atoms with E-state index in [1.54, 1.807) is 83.9 Å². The molecule has 0 saturated carbocycles. The van der Waals surface area contributed by atoms with Gasteiger partial charge in [-0.15, -0.1) is 0 Å². The van der Waals surface area contributed by atoms with Crippen molar-refractivity contribution in [2.45, 2.75) is 25.0 Å². The third-order valence-corrected chi connectivity index (χ3v) is 8.33. The molecule has 12 nitrogen and oxygen atoms in total. The van der Waals surface area contributed by atoms with Crippen LogP contribution in [0.5, 0.6) is 34.5 Å². The Bertz CT molecular complexity index is 1770. The second kappa shape index (κ2) is 14.3. The second-order valence-corrected chi connectivity index (χ2v) is 11.3. The number of carbonyl (C=O) groups excluding carboxylic acids is 3. The number of carbonyl (C=O) groups is 3. The summed E-state index contributed by atoms with van der Waals surface area (Å²) in [5.74, 6) is 2.04. The summed E-state index contributed by atoms with van der Waals surface area (Å²) in [7, 11) is 3.05. The number of piperidine rings is 1. The summed E-state index contributed by atoms with van der Waals surface area (Å²) in [5, 5.41) is 5.89. The van der Waals surface area contributed by atoms with Crippen LogP contribution in [0.3, 0.4) is 0 Å². The molecule has 4 aromatic rings. The lowest BCUT2D eigenvalue weighted by atomic mass is 9.89. The Morgan fingerprint density at radius 2 is 1.62 bits per heavy atom. The Labute approximate surface area is 277 Å². The van der Waals surface area contributed by atoms with E-state index in [1.807, 2.05) is 0 Å². The van der Waals surface area contributed by atoms with Gasteiger partial charge in [0.1, 0.15) is 29.6 Å². The minimum Gasteiger partial charge on any atom is -0.496 e. The molecule has 48 heavy (non-hydrogen) atoms. The number of pyridine rings is 1. The van der Waals surface area contributed by atoms with E-state index >= 15 is 0 Å². The van der Waals surface area contributed by atoms with E-state index in [-0.39, 0.29) is 50.3 Å². The van der Waals surface area contributed by atoms with Crippen molar-refractivity contribution >= 4 is 17.7 Å². The molecule has 6 heterocycles. The van der Waals surface area contributed by atoms with Crippen LogP contribution >= 0.6 is 0 Å². The number of benzene rings is 3. The zero-order valence-electron chi connectivity index (χ0n) is 26.7. The van der Waals surface area contributed by atoms with Gasteiger partial charge in [-0.2, -0.15) is 0 Å². The molecular weight excluding hydrogens is 616 g/mol. The molecule has 6 bridgehead atoms. The number of likely N-dealkylation sites (tertiary alicyclic amines) is 1. The SMILES string of the molecule is COc1cc2ccc1CNC(=O)C1(CCN(C(=O)c3cccnc3)CC1)Oc1ccc(cc1)OCCNC(=O)c1ccc(OC)c(c1)O2. The van der Waals surface area contributed by atoms with Gasteiger partial charge in [-0.25, -0.2) is 0 Å². The molecule has 248 valence electrons. The van der Waals surface area contributed by atoms with Crippen molar-refractivity contribution < 1.29 is 38.1 Å². The van der Waals surface area contributed by atoms with E-state index in [4.69, 9.17) is 23.7 Å². The lowest BCUT2D eigenvalue weighted by Gasteiger charge is -2.40. The quantitative estimate of drug-likeness (QED) is 0.330. The Morgan fingerprint density at radius 1 is 0.875 bits per heavy atom. The Kier molecular flexibility index (Phi) is 9.60. The summed E-state index contributed by atoms with van der Waals surface area (Å²) < 4.78 is 29.5. The highest BCUT2D eigenvalue weighted by molar-refractivity contribution is 5.95. The van der Waals surface area contributed by atoms with E-state index < -0.39 is 5.60 Å². The minimum atomic E-state index is -1.24. The zero-order valence-corrected chi connectivity index (χ0v) is 26.7. The van der Waals surface area contributed by atoms with Crippen LogP contribution in [0.15, 0.2) is 85.2 Å². The van der Waals surface area contributed by atoms with Crippen LogP contribution in [0, 0.1) is 0 Å². The fourth-order valence-corrected chi connectivity index (χ4v) is 5.68. The molecule has 1 aromatic heterocycles. The van der Waals surface area contributed by atoms with Gasteiger partial charge in [-0.05, 0) is 66.7 Å². The molecule has 1 saturated heterocycles. The first-order chi connectivity index (χ1) is 23.4. The van der Waals surface area contributed by atoms with E-state index in [1.165, 1.54) is 20.4 Å². The number of rotatable bonds is 3. The van der Waals surface area contributed by atoms with Gasteiger partial charge >= 0.3 is 0 Å². The number of nitrogens with zero attached hydrogens (tertiary/aromatic N) is 2. The molecule has 0 atom stereocenters. The summed E-state index contributed by atoms with van der Waals surface area (Å²) in [4.78, 5) is 45.8. The van der Waals surface area contributed by atoms with Crippen molar-refractivity contribution in [2.24, 2.45) is 0 Å². The predicted octanol–water partition coefficient (Wildman–Crippen LogP) is 4.38. The monoisotopic (exact) mass is 652 g/mol. The number of nitrogens with one attached hydrogen (secondary N) is 2. The smallest absolute Gasteiger partial charge is 0.264 e. The first-order valence-corrected chi connectivity index (χ1v) is 15.6. The Balaban J connectivity index is 1.28. The molecule has 9 rings (SSSR count). The van der Waals surface area contributed by atoms with E-state index in [2.05, 4.69) is 15.6 Å². The fourth-order valence-electron chi connectivity index (χ4n) is 5.68. The van der Waals surface area contributed by atoms with E-state index in [0.29, 0.717) is 64.3 Å². The molecule has 0 unspecified atom stereocenters. The van der Waals surface area contributed by atoms with Crippen molar-refractivity contribution in [1.82, 2.24) is 20.5 Å². The van der Waals surface area contributed by atoms with Gasteiger partial charge in [0.2, 0.25) is 0 Å². The van der Waals surface area contributed by atoms with Crippen LogP contribution in [0.1, 0.15) is 39.1 Å². The van der Waals surface area contributed by atoms with Gasteiger partial charge in [-0.3, -0.25) is 19.4 Å². The first kappa shape index (κ1) is 32.2. The molecule has 3 aromatic carbocycles. The highest BCUT2D eigenvalue weighted by Gasteiger charge is 2.45. The lowest BCUT2D eigenvalue weighted by Crippen LogP contribution is -2.58. The molecule has 5 aliphatic rings. The Morgan fingerprint density at radius 3 is 2.35 bits per heavy atom. The van der Waals surface area contributed by atoms with Crippen molar-refractivity contribution in [3.05, 3.63) is 102 Å². The number of amides is 3.